The maximum atomic E-state index is 12.2. The predicted molar refractivity (Wildman–Crippen MR) is 101 cm³/mol. The first-order valence-corrected chi connectivity index (χ1v) is 8.33. The molecule has 3 rings (SSSR count). The number of non-ortho nitro benzene ring substituents is 1. The molecule has 27 heavy (non-hydrogen) atoms. The smallest absolute Gasteiger partial charge is 0.269 e. The molecule has 140 valence electrons. The maximum Gasteiger partial charge on any atom is 0.269 e. The van der Waals surface area contributed by atoms with Crippen LogP contribution in [0.2, 0.25) is 0 Å². The Hall–Kier alpha value is -3.42. The first-order valence-electron chi connectivity index (χ1n) is 8.33. The SMILES string of the molecule is CC(=O)N1N=C(c2ccc(N(C)C)cc2)OC1(C)c1cccc([N+](=O)[O-])c1. The summed E-state index contributed by atoms with van der Waals surface area (Å²) in [5, 5.41) is 16.7. The van der Waals surface area contributed by atoms with Crippen LogP contribution < -0.4 is 4.90 Å². The Labute approximate surface area is 156 Å². The Morgan fingerprint density at radius 2 is 1.89 bits per heavy atom. The fraction of sp³-hybridized carbons (Fsp3) is 0.263. The van der Waals surface area contributed by atoms with E-state index in [0.29, 0.717) is 11.1 Å². The molecule has 0 bridgehead atoms. The molecule has 1 atom stereocenters. The van der Waals surface area contributed by atoms with Crippen LogP contribution in [0.5, 0.6) is 0 Å². The first kappa shape index (κ1) is 18.4. The highest BCUT2D eigenvalue weighted by molar-refractivity contribution is 5.97. The molecule has 1 aliphatic rings. The van der Waals surface area contributed by atoms with Crippen LogP contribution in [-0.4, -0.2) is 35.8 Å². The number of carbonyl (C=O) groups excluding carboxylic acids is 1. The van der Waals surface area contributed by atoms with E-state index >= 15 is 0 Å². The second-order valence-electron chi connectivity index (χ2n) is 6.57. The number of hydrogen-bond donors (Lipinski definition) is 0. The summed E-state index contributed by atoms with van der Waals surface area (Å²) in [6.07, 6.45) is 0. The number of amides is 1. The summed E-state index contributed by atoms with van der Waals surface area (Å²) in [5.41, 5.74) is 0.844. The van der Waals surface area contributed by atoms with Crippen LogP contribution in [0.15, 0.2) is 53.6 Å². The van der Waals surface area contributed by atoms with E-state index in [1.54, 1.807) is 19.1 Å². The average Bonchev–Trinajstić information content (AvgIpc) is 3.01. The molecule has 0 aromatic heterocycles. The number of rotatable bonds is 4. The van der Waals surface area contributed by atoms with Crippen molar-refractivity contribution in [3.63, 3.8) is 0 Å². The van der Waals surface area contributed by atoms with Gasteiger partial charge in [-0.25, -0.2) is 0 Å². The number of ether oxygens (including phenoxy) is 1. The van der Waals surface area contributed by atoms with Crippen molar-refractivity contribution in [3.05, 3.63) is 69.8 Å². The molecule has 8 heteroatoms. The monoisotopic (exact) mass is 368 g/mol. The highest BCUT2D eigenvalue weighted by Gasteiger charge is 2.45. The van der Waals surface area contributed by atoms with E-state index in [9.17, 15) is 14.9 Å². The Morgan fingerprint density at radius 1 is 1.22 bits per heavy atom. The van der Waals surface area contributed by atoms with Gasteiger partial charge >= 0.3 is 0 Å². The fourth-order valence-corrected chi connectivity index (χ4v) is 2.92. The molecule has 1 amide bonds. The first-order chi connectivity index (χ1) is 12.7. The van der Waals surface area contributed by atoms with Gasteiger partial charge in [-0.15, -0.1) is 5.10 Å². The highest BCUT2D eigenvalue weighted by Crippen LogP contribution is 2.37. The number of benzene rings is 2. The molecular formula is C19H20N4O4. The molecule has 0 saturated carbocycles. The van der Waals surface area contributed by atoms with Crippen LogP contribution >= 0.6 is 0 Å². The van der Waals surface area contributed by atoms with E-state index < -0.39 is 10.6 Å². The molecular weight excluding hydrogens is 348 g/mol. The van der Waals surface area contributed by atoms with Crippen molar-refractivity contribution >= 4 is 23.2 Å². The summed E-state index contributed by atoms with van der Waals surface area (Å²) in [5.74, 6) is -0.0477. The number of anilines is 1. The van der Waals surface area contributed by atoms with Gasteiger partial charge in [0.25, 0.3) is 5.69 Å². The van der Waals surface area contributed by atoms with Gasteiger partial charge < -0.3 is 9.64 Å². The Morgan fingerprint density at radius 3 is 2.44 bits per heavy atom. The zero-order valence-electron chi connectivity index (χ0n) is 15.5. The van der Waals surface area contributed by atoms with E-state index in [2.05, 4.69) is 5.10 Å². The number of hydrogen-bond acceptors (Lipinski definition) is 6. The van der Waals surface area contributed by atoms with E-state index in [1.807, 2.05) is 43.3 Å². The molecule has 8 nitrogen and oxygen atoms in total. The van der Waals surface area contributed by atoms with Gasteiger partial charge in [0.15, 0.2) is 0 Å². The third kappa shape index (κ3) is 3.33. The van der Waals surface area contributed by atoms with E-state index in [-0.39, 0.29) is 17.5 Å². The third-order valence-corrected chi connectivity index (χ3v) is 4.41. The van der Waals surface area contributed by atoms with Gasteiger partial charge in [-0.3, -0.25) is 14.9 Å². The van der Waals surface area contributed by atoms with Crippen LogP contribution in [0.1, 0.15) is 25.0 Å². The standard InChI is InChI=1S/C19H20N4O4/c1-13(24)22-19(2,15-6-5-7-17(12-15)23(25)26)27-18(20-22)14-8-10-16(11-9-14)21(3)4/h5-12H,1-4H3. The van der Waals surface area contributed by atoms with Crippen LogP contribution in [0.4, 0.5) is 11.4 Å². The lowest BCUT2D eigenvalue weighted by molar-refractivity contribution is -0.385. The van der Waals surface area contributed by atoms with Gasteiger partial charge in [0.1, 0.15) is 0 Å². The average molecular weight is 368 g/mol. The molecule has 0 aliphatic carbocycles. The third-order valence-electron chi connectivity index (χ3n) is 4.41. The van der Waals surface area contributed by atoms with Gasteiger partial charge in [-0.1, -0.05) is 12.1 Å². The van der Waals surface area contributed by atoms with Gasteiger partial charge in [-0.05, 0) is 24.3 Å². The second kappa shape index (κ2) is 6.71. The summed E-state index contributed by atoms with van der Waals surface area (Å²) in [6.45, 7) is 3.04. The molecule has 2 aromatic rings. The van der Waals surface area contributed by atoms with E-state index in [1.165, 1.54) is 24.1 Å². The lowest BCUT2D eigenvalue weighted by atomic mass is 10.0. The van der Waals surface area contributed by atoms with Gasteiger partial charge in [0.05, 0.1) is 4.92 Å². The molecule has 2 aromatic carbocycles. The van der Waals surface area contributed by atoms with Crippen molar-refractivity contribution in [2.45, 2.75) is 19.6 Å². The van der Waals surface area contributed by atoms with Crippen LogP contribution in [0.3, 0.4) is 0 Å². The molecule has 1 unspecified atom stereocenters. The van der Waals surface area contributed by atoms with Gasteiger partial charge in [-0.2, -0.15) is 5.01 Å². The van der Waals surface area contributed by atoms with Crippen molar-refractivity contribution in [2.75, 3.05) is 19.0 Å². The Bertz CT molecular complexity index is 924. The zero-order chi connectivity index (χ0) is 19.8. The van der Waals surface area contributed by atoms with Crippen LogP contribution in [-0.2, 0) is 15.3 Å². The Kier molecular flexibility index (Phi) is 4.57. The number of hydrazone groups is 1. The number of nitro groups is 1. The van der Waals surface area contributed by atoms with Crippen LogP contribution in [0, 0.1) is 10.1 Å². The normalized spacial score (nSPS) is 18.7. The highest BCUT2D eigenvalue weighted by atomic mass is 16.6. The summed E-state index contributed by atoms with van der Waals surface area (Å²) >= 11 is 0. The molecule has 0 spiro atoms. The quantitative estimate of drug-likeness (QED) is 0.611. The molecule has 0 N–H and O–H groups in total. The number of nitrogens with zero attached hydrogens (tertiary/aromatic N) is 4. The lowest BCUT2D eigenvalue weighted by Crippen LogP contribution is -2.41. The van der Waals surface area contributed by atoms with Crippen molar-refractivity contribution in [3.8, 4) is 0 Å². The molecule has 0 radical (unpaired) electrons. The minimum atomic E-state index is -1.27. The maximum absolute atomic E-state index is 12.2. The second-order valence-corrected chi connectivity index (χ2v) is 6.57. The number of nitro benzene ring substituents is 1. The largest absolute Gasteiger partial charge is 0.443 e. The molecule has 0 saturated heterocycles. The van der Waals surface area contributed by atoms with E-state index in [4.69, 9.17) is 4.74 Å². The number of carbonyl (C=O) groups is 1. The van der Waals surface area contributed by atoms with E-state index in [0.717, 1.165) is 5.69 Å². The fourth-order valence-electron chi connectivity index (χ4n) is 2.92. The van der Waals surface area contributed by atoms with Crippen molar-refractivity contribution < 1.29 is 14.5 Å². The zero-order valence-corrected chi connectivity index (χ0v) is 15.5. The van der Waals surface area contributed by atoms with Crippen LogP contribution in [0.25, 0.3) is 0 Å². The van der Waals surface area contributed by atoms with Gasteiger partial charge in [0.2, 0.25) is 17.5 Å². The predicted octanol–water partition coefficient (Wildman–Crippen LogP) is 3.07. The minimum absolute atomic E-state index is 0.0791. The Balaban J connectivity index is 2.00. The summed E-state index contributed by atoms with van der Waals surface area (Å²) in [4.78, 5) is 24.8. The van der Waals surface area contributed by atoms with Crippen molar-refractivity contribution in [1.82, 2.24) is 5.01 Å². The van der Waals surface area contributed by atoms with Crippen molar-refractivity contribution in [2.24, 2.45) is 5.10 Å². The molecule has 0 fully saturated rings. The minimum Gasteiger partial charge on any atom is -0.443 e. The molecule has 1 heterocycles. The summed E-state index contributed by atoms with van der Waals surface area (Å²) in [6, 6.07) is 13.6. The lowest BCUT2D eigenvalue weighted by Gasteiger charge is -2.30. The summed E-state index contributed by atoms with van der Waals surface area (Å²) in [7, 11) is 3.88. The van der Waals surface area contributed by atoms with Gasteiger partial charge in [0, 0.05) is 56.9 Å². The molecule has 1 aliphatic heterocycles. The van der Waals surface area contributed by atoms with Crippen molar-refractivity contribution in [1.29, 1.82) is 0 Å². The topological polar surface area (TPSA) is 88.3 Å². The summed E-state index contributed by atoms with van der Waals surface area (Å²) < 4.78 is 6.05.